The fraction of sp³-hybridized carbons (Fsp3) is 0.375. The van der Waals surface area contributed by atoms with Crippen LogP contribution >= 0.6 is 31.9 Å². The number of aromatic amines is 2. The second-order valence-electron chi connectivity index (χ2n) is 11.9. The lowest BCUT2D eigenvalue weighted by Gasteiger charge is -2.37. The van der Waals surface area contributed by atoms with E-state index in [9.17, 15) is 19.8 Å². The first-order chi connectivity index (χ1) is 22.9. The summed E-state index contributed by atoms with van der Waals surface area (Å²) in [5, 5.41) is 29.7. The van der Waals surface area contributed by atoms with Crippen molar-refractivity contribution < 1.29 is 19.8 Å². The monoisotopic (exact) mass is 786 g/mol. The first-order valence-corrected chi connectivity index (χ1v) is 17.1. The molecule has 1 aliphatic heterocycles. The first kappa shape index (κ1) is 35.2. The lowest BCUT2D eigenvalue weighted by Crippen LogP contribution is -2.59. The summed E-state index contributed by atoms with van der Waals surface area (Å²) >= 11 is 6.97. The number of hydrogen-bond donors (Lipinski definition) is 9. The summed E-state index contributed by atoms with van der Waals surface area (Å²) in [7, 11) is 0. The van der Waals surface area contributed by atoms with Crippen LogP contribution in [-0.2, 0) is 16.0 Å². The van der Waals surface area contributed by atoms with E-state index in [2.05, 4.69) is 57.1 Å². The van der Waals surface area contributed by atoms with E-state index in [0.29, 0.717) is 60.8 Å². The molecule has 3 atom stereocenters. The number of halogens is 2. The van der Waals surface area contributed by atoms with Crippen LogP contribution in [0, 0.1) is 0 Å². The van der Waals surface area contributed by atoms with Gasteiger partial charge in [-0.25, -0.2) is 0 Å². The number of nitrogens with zero attached hydrogens (tertiary/aromatic N) is 3. The van der Waals surface area contributed by atoms with E-state index in [1.54, 1.807) is 12.4 Å². The van der Waals surface area contributed by atoms with E-state index in [-0.39, 0.29) is 31.4 Å². The second-order valence-corrected chi connectivity index (χ2v) is 13.8. The highest BCUT2D eigenvalue weighted by molar-refractivity contribution is 9.10. The fourth-order valence-electron chi connectivity index (χ4n) is 6.50. The number of hydrogen-bond acceptors (Lipinski definition) is 6. The van der Waals surface area contributed by atoms with Gasteiger partial charge in [0.2, 0.25) is 5.72 Å². The molecule has 256 valence electrons. The average Bonchev–Trinajstić information content (AvgIpc) is 3.66. The van der Waals surface area contributed by atoms with Crippen molar-refractivity contribution in [2.75, 3.05) is 26.2 Å². The van der Waals surface area contributed by atoms with Gasteiger partial charge in [-0.05, 0) is 61.1 Å². The van der Waals surface area contributed by atoms with E-state index in [0.717, 1.165) is 24.7 Å². The molecule has 0 spiro atoms. The molecule has 14 nitrogen and oxygen atoms in total. The summed E-state index contributed by atoms with van der Waals surface area (Å²) in [6.45, 7) is 0.801. The van der Waals surface area contributed by atoms with Crippen molar-refractivity contribution in [1.82, 2.24) is 20.2 Å². The number of carbonyl (C=O) groups is 2. The van der Waals surface area contributed by atoms with Crippen molar-refractivity contribution in [3.63, 3.8) is 0 Å². The van der Waals surface area contributed by atoms with Crippen molar-refractivity contribution in [3.8, 4) is 0 Å². The molecule has 0 unspecified atom stereocenters. The topological polar surface area (TPSA) is 250 Å². The maximum absolute atomic E-state index is 14.6. The number of aliphatic hydroxyl groups is 2. The van der Waals surface area contributed by atoms with Gasteiger partial charge in [-0.3, -0.25) is 19.6 Å². The van der Waals surface area contributed by atoms with E-state index >= 15 is 0 Å². The van der Waals surface area contributed by atoms with Crippen molar-refractivity contribution in [3.05, 3.63) is 68.9 Å². The highest BCUT2D eigenvalue weighted by Crippen LogP contribution is 2.51. The Morgan fingerprint density at radius 1 is 0.875 bits per heavy atom. The minimum Gasteiger partial charge on any atom is -0.379 e. The highest BCUT2D eigenvalue weighted by atomic mass is 79.9. The zero-order valence-electron chi connectivity index (χ0n) is 26.2. The summed E-state index contributed by atoms with van der Waals surface area (Å²) in [4.78, 5) is 44.3. The number of nitrogens with one attached hydrogen (secondary N) is 3. The van der Waals surface area contributed by atoms with Crippen LogP contribution in [0.4, 0.5) is 0 Å². The van der Waals surface area contributed by atoms with Gasteiger partial charge in [-0.2, -0.15) is 0 Å². The summed E-state index contributed by atoms with van der Waals surface area (Å²) in [6.07, 6.45) is 5.09. The number of likely N-dealkylation sites (tertiary alicyclic amines) is 1. The van der Waals surface area contributed by atoms with Crippen LogP contribution in [0.3, 0.4) is 0 Å². The molecular formula is C32H40Br2N10O4. The SMILES string of the molecule is NC(N)=NCCCCNC(=O)[C@]1(O)[C@H](c2c[nH]c3cc(Br)ccc23)[C@@](O)(Cc2c[nH]c3cc(Br)ccc23)C(=O)N1CCCCN=C(N)N. The maximum atomic E-state index is 14.6. The number of fused-ring (bicyclic) bond motifs is 2. The lowest BCUT2D eigenvalue weighted by atomic mass is 9.75. The predicted octanol–water partition coefficient (Wildman–Crippen LogP) is 1.99. The van der Waals surface area contributed by atoms with Crippen LogP contribution in [0.15, 0.2) is 67.7 Å². The number of rotatable bonds is 14. The molecule has 0 aliphatic carbocycles. The first-order valence-electron chi connectivity index (χ1n) is 15.5. The summed E-state index contributed by atoms with van der Waals surface area (Å²) < 4.78 is 1.67. The van der Waals surface area contributed by atoms with E-state index in [4.69, 9.17) is 22.9 Å². The number of aliphatic imine (C=N–C) groups is 2. The third kappa shape index (κ3) is 7.02. The average molecular weight is 789 g/mol. The Bertz CT molecular complexity index is 1870. The van der Waals surface area contributed by atoms with Crippen molar-refractivity contribution in [2.24, 2.45) is 32.9 Å². The molecule has 1 fully saturated rings. The second kappa shape index (κ2) is 14.6. The third-order valence-corrected chi connectivity index (χ3v) is 9.65. The van der Waals surface area contributed by atoms with Gasteiger partial charge >= 0.3 is 0 Å². The van der Waals surface area contributed by atoms with E-state index in [1.807, 2.05) is 36.4 Å². The number of amides is 2. The van der Waals surface area contributed by atoms with Crippen molar-refractivity contribution in [2.45, 2.75) is 49.3 Å². The smallest absolute Gasteiger partial charge is 0.274 e. The van der Waals surface area contributed by atoms with Gasteiger partial charge in [0.15, 0.2) is 17.5 Å². The standard InChI is InChI=1S/C32H40Br2N10O4/c33-19-5-7-21-18(16-42-24(21)13-19)15-31(47)26(23-17-43-25-14-20(34)6-8-22(23)25)32(48,27(45)39-9-1-2-10-40-29(35)36)44(28(31)46)12-4-3-11-41-30(37)38/h5-8,13-14,16-17,26,42-43,47-48H,1-4,9-12,15H2,(H,39,45)(H4,35,36,40)(H4,37,38,41)/t26-,31+,32-/m1/s1. The van der Waals surface area contributed by atoms with Crippen LogP contribution in [0.5, 0.6) is 0 Å². The Labute approximate surface area is 293 Å². The molecule has 0 saturated carbocycles. The van der Waals surface area contributed by atoms with Crippen LogP contribution in [0.2, 0.25) is 0 Å². The Hall–Kier alpha value is -4.12. The number of aromatic nitrogens is 2. The van der Waals surface area contributed by atoms with Gasteiger partial charge in [0, 0.05) is 75.7 Å². The minimum absolute atomic E-state index is 0.0241. The Kier molecular flexibility index (Phi) is 10.7. The van der Waals surface area contributed by atoms with Gasteiger partial charge in [0.1, 0.15) is 0 Å². The summed E-state index contributed by atoms with van der Waals surface area (Å²) in [6, 6.07) is 11.1. The molecule has 5 rings (SSSR count). The van der Waals surface area contributed by atoms with Crippen molar-refractivity contribution >= 4 is 77.4 Å². The highest BCUT2D eigenvalue weighted by Gasteiger charge is 2.70. The molecule has 2 aromatic carbocycles. The van der Waals surface area contributed by atoms with Crippen LogP contribution in [0.1, 0.15) is 42.7 Å². The Morgan fingerprint density at radius 2 is 1.46 bits per heavy atom. The quantitative estimate of drug-likeness (QED) is 0.0518. The molecule has 2 amide bonds. The molecule has 0 bridgehead atoms. The van der Waals surface area contributed by atoms with Crippen molar-refractivity contribution in [1.29, 1.82) is 0 Å². The van der Waals surface area contributed by atoms with E-state index < -0.39 is 29.1 Å². The van der Waals surface area contributed by atoms with Crippen LogP contribution in [0.25, 0.3) is 21.8 Å². The number of H-pyrrole nitrogens is 2. The Morgan fingerprint density at radius 3 is 2.10 bits per heavy atom. The maximum Gasteiger partial charge on any atom is 0.274 e. The number of unbranched alkanes of at least 4 members (excludes halogenated alkanes) is 2. The number of nitrogens with two attached hydrogens (primary N) is 4. The lowest BCUT2D eigenvalue weighted by molar-refractivity contribution is -0.167. The van der Waals surface area contributed by atoms with Gasteiger partial charge < -0.3 is 53.3 Å². The molecule has 13 N–H and O–H groups in total. The molecule has 2 aromatic heterocycles. The Balaban J connectivity index is 1.58. The third-order valence-electron chi connectivity index (χ3n) is 8.67. The van der Waals surface area contributed by atoms with Gasteiger partial charge in [-0.1, -0.05) is 44.0 Å². The summed E-state index contributed by atoms with van der Waals surface area (Å²) in [5.74, 6) is -3.06. The fourth-order valence-corrected chi connectivity index (χ4v) is 7.22. The molecule has 48 heavy (non-hydrogen) atoms. The molecule has 1 saturated heterocycles. The zero-order chi connectivity index (χ0) is 34.6. The number of carbonyl (C=O) groups excluding carboxylic acids is 2. The van der Waals surface area contributed by atoms with Gasteiger partial charge in [0.25, 0.3) is 11.8 Å². The molecule has 3 heterocycles. The number of guanidine groups is 2. The van der Waals surface area contributed by atoms with Gasteiger partial charge in [0.05, 0.1) is 5.92 Å². The molecule has 4 aromatic rings. The molecular weight excluding hydrogens is 748 g/mol. The summed E-state index contributed by atoms with van der Waals surface area (Å²) in [5.41, 5.74) is 19.6. The minimum atomic E-state index is -2.47. The van der Waals surface area contributed by atoms with E-state index in [1.165, 1.54) is 0 Å². The number of benzene rings is 2. The molecule has 1 aliphatic rings. The van der Waals surface area contributed by atoms with Gasteiger partial charge in [-0.15, -0.1) is 0 Å². The predicted molar refractivity (Wildman–Crippen MR) is 193 cm³/mol. The largest absolute Gasteiger partial charge is 0.379 e. The molecule has 16 heteroatoms. The van der Waals surface area contributed by atoms with Crippen LogP contribution in [-0.4, -0.2) is 86.3 Å². The normalized spacial score (nSPS) is 20.8. The molecule has 0 radical (unpaired) electrons. The van der Waals surface area contributed by atoms with Crippen LogP contribution < -0.4 is 28.3 Å². The zero-order valence-corrected chi connectivity index (χ0v) is 29.4.